The van der Waals surface area contributed by atoms with E-state index >= 15 is 0 Å². The van der Waals surface area contributed by atoms with Crippen LogP contribution in [0, 0.1) is 0 Å². The predicted octanol–water partition coefficient (Wildman–Crippen LogP) is 2.07. The van der Waals surface area contributed by atoms with Crippen molar-refractivity contribution in [1.82, 2.24) is 4.98 Å². The zero-order valence-electron chi connectivity index (χ0n) is 8.01. The Morgan fingerprint density at radius 1 is 1.60 bits per heavy atom. The fourth-order valence-corrected chi connectivity index (χ4v) is 1.73. The van der Waals surface area contributed by atoms with E-state index in [2.05, 4.69) is 10.3 Å². The number of rotatable bonds is 4. The van der Waals surface area contributed by atoms with Crippen LogP contribution in [0.15, 0.2) is 28.1 Å². The number of amides is 1. The van der Waals surface area contributed by atoms with Crippen LogP contribution in [0.5, 0.6) is 0 Å². The molecule has 2 aromatic heterocycles. The smallest absolute Gasteiger partial charge is 0.222 e. The van der Waals surface area contributed by atoms with Crippen molar-refractivity contribution >= 4 is 34.6 Å². The Morgan fingerprint density at radius 2 is 2.47 bits per heavy atom. The van der Waals surface area contributed by atoms with Gasteiger partial charge in [0.2, 0.25) is 12.3 Å². The Morgan fingerprint density at radius 3 is 3.00 bits per heavy atom. The van der Waals surface area contributed by atoms with E-state index < -0.39 is 0 Å². The second-order valence-electron chi connectivity index (χ2n) is 2.68. The van der Waals surface area contributed by atoms with E-state index in [1.54, 1.807) is 30.8 Å². The zero-order valence-corrected chi connectivity index (χ0v) is 8.82. The highest BCUT2D eigenvalue weighted by molar-refractivity contribution is 7.13. The summed E-state index contributed by atoms with van der Waals surface area (Å²) in [6.07, 6.45) is 2.32. The summed E-state index contributed by atoms with van der Waals surface area (Å²) in [4.78, 5) is 16.3. The van der Waals surface area contributed by atoms with Crippen molar-refractivity contribution in [3.63, 3.8) is 0 Å². The van der Waals surface area contributed by atoms with Gasteiger partial charge in [-0.3, -0.25) is 4.79 Å². The number of hydrogen-bond acceptors (Lipinski definition) is 5. The summed E-state index contributed by atoms with van der Waals surface area (Å²) in [5.41, 5.74) is 0. The highest BCUT2D eigenvalue weighted by Crippen LogP contribution is 2.28. The number of anilines is 3. The number of carbonyl (C=O) groups excluding carboxylic acids is 1. The quantitative estimate of drug-likeness (QED) is 0.806. The van der Waals surface area contributed by atoms with Gasteiger partial charge in [-0.15, -0.1) is 11.3 Å². The molecule has 0 unspecified atom stereocenters. The van der Waals surface area contributed by atoms with Crippen LogP contribution in [0.25, 0.3) is 0 Å². The Balaban J connectivity index is 2.31. The van der Waals surface area contributed by atoms with Crippen LogP contribution in [0.3, 0.4) is 0 Å². The number of aromatic nitrogens is 1. The van der Waals surface area contributed by atoms with Gasteiger partial charge in [0, 0.05) is 30.8 Å². The molecule has 0 radical (unpaired) electrons. The van der Waals surface area contributed by atoms with Crippen LogP contribution in [0.2, 0.25) is 0 Å². The maximum Gasteiger partial charge on any atom is 0.222 e. The maximum atomic E-state index is 10.9. The summed E-state index contributed by atoms with van der Waals surface area (Å²) < 4.78 is 5.36. The van der Waals surface area contributed by atoms with Crippen molar-refractivity contribution in [2.45, 2.75) is 0 Å². The van der Waals surface area contributed by atoms with E-state index in [-0.39, 0.29) is 0 Å². The summed E-state index contributed by atoms with van der Waals surface area (Å²) in [5, 5.41) is 5.23. The van der Waals surface area contributed by atoms with Gasteiger partial charge in [-0.2, -0.15) is 0 Å². The van der Waals surface area contributed by atoms with Crippen molar-refractivity contribution < 1.29 is 9.21 Å². The number of nitrogens with zero attached hydrogens (tertiary/aromatic N) is 2. The topological polar surface area (TPSA) is 58.4 Å². The molecule has 0 aliphatic carbocycles. The van der Waals surface area contributed by atoms with Crippen LogP contribution >= 0.6 is 11.3 Å². The normalized spacial score (nSPS) is 9.93. The highest BCUT2D eigenvalue weighted by atomic mass is 32.1. The van der Waals surface area contributed by atoms with E-state index in [1.807, 2.05) is 0 Å². The molecule has 0 atom stereocenters. The molecule has 0 aliphatic heterocycles. The predicted molar refractivity (Wildman–Crippen MR) is 58.6 cm³/mol. The third-order valence-electron chi connectivity index (χ3n) is 1.81. The van der Waals surface area contributed by atoms with Gasteiger partial charge in [-0.25, -0.2) is 9.88 Å². The fraction of sp³-hybridized carbons (Fsp3) is 0.111. The first kappa shape index (κ1) is 9.72. The zero-order chi connectivity index (χ0) is 10.7. The number of nitrogens with one attached hydrogen (secondary N) is 1. The first-order valence-electron chi connectivity index (χ1n) is 4.27. The van der Waals surface area contributed by atoms with E-state index in [1.165, 1.54) is 16.2 Å². The lowest BCUT2D eigenvalue weighted by Crippen LogP contribution is -2.12. The minimum Gasteiger partial charge on any atom is -0.424 e. The molecule has 5 nitrogen and oxygen atoms in total. The van der Waals surface area contributed by atoms with E-state index in [0.717, 1.165) is 0 Å². The molecule has 0 aliphatic rings. The molecule has 0 spiro atoms. The first-order chi connectivity index (χ1) is 7.35. The molecule has 78 valence electrons. The van der Waals surface area contributed by atoms with Gasteiger partial charge in [0.15, 0.2) is 11.0 Å². The van der Waals surface area contributed by atoms with Crippen LogP contribution < -0.4 is 10.2 Å². The third-order valence-corrected chi connectivity index (χ3v) is 2.58. The van der Waals surface area contributed by atoms with Gasteiger partial charge in [-0.05, 0) is 0 Å². The number of hydrogen-bond donors (Lipinski definition) is 1. The lowest BCUT2D eigenvalue weighted by Gasteiger charge is -2.09. The summed E-state index contributed by atoms with van der Waals surface area (Å²) in [7, 11) is 1.75. The fourth-order valence-electron chi connectivity index (χ4n) is 1.12. The van der Waals surface area contributed by atoms with Crippen molar-refractivity contribution in [2.24, 2.45) is 0 Å². The minimum atomic E-state index is 0.448. The van der Waals surface area contributed by atoms with Crippen molar-refractivity contribution in [2.75, 3.05) is 17.3 Å². The third kappa shape index (κ3) is 1.84. The lowest BCUT2D eigenvalue weighted by molar-refractivity contribution is -0.107. The molecular weight excluding hydrogens is 214 g/mol. The highest BCUT2D eigenvalue weighted by Gasteiger charge is 2.14. The number of furan rings is 1. The molecule has 15 heavy (non-hydrogen) atoms. The maximum absolute atomic E-state index is 10.9. The Bertz CT molecular complexity index is 438. The number of carbonyl (C=O) groups is 1. The Kier molecular flexibility index (Phi) is 2.68. The molecule has 0 aromatic carbocycles. The van der Waals surface area contributed by atoms with E-state index in [9.17, 15) is 4.79 Å². The average Bonchev–Trinajstić information content (AvgIpc) is 2.89. The lowest BCUT2D eigenvalue weighted by atomic mass is 10.5. The summed E-state index contributed by atoms with van der Waals surface area (Å²) >= 11 is 1.37. The molecule has 1 amide bonds. The molecule has 6 heteroatoms. The molecule has 2 rings (SSSR count). The minimum absolute atomic E-state index is 0.448. The van der Waals surface area contributed by atoms with Crippen LogP contribution in [-0.2, 0) is 4.79 Å². The largest absolute Gasteiger partial charge is 0.424 e. The standard InChI is InChI=1S/C9H9N3O2S/c1-10-7-2-3-8(14-7)12(6-13)9-11-4-5-15-9/h2-6,10H,1H3. The van der Waals surface area contributed by atoms with Gasteiger partial charge in [0.25, 0.3) is 0 Å². The molecule has 0 saturated heterocycles. The molecular formula is C9H9N3O2S. The van der Waals surface area contributed by atoms with Crippen molar-refractivity contribution in [3.8, 4) is 0 Å². The van der Waals surface area contributed by atoms with Gasteiger partial charge in [-0.1, -0.05) is 0 Å². The van der Waals surface area contributed by atoms with E-state index in [4.69, 9.17) is 4.42 Å². The molecule has 0 bridgehead atoms. The average molecular weight is 223 g/mol. The first-order valence-corrected chi connectivity index (χ1v) is 5.14. The van der Waals surface area contributed by atoms with Gasteiger partial charge >= 0.3 is 0 Å². The second-order valence-corrected chi connectivity index (χ2v) is 3.55. The van der Waals surface area contributed by atoms with Crippen molar-refractivity contribution in [1.29, 1.82) is 0 Å². The van der Waals surface area contributed by atoms with Gasteiger partial charge in [0.05, 0.1) is 0 Å². The molecule has 0 fully saturated rings. The summed E-state index contributed by atoms with van der Waals surface area (Å²) in [5.74, 6) is 1.05. The second kappa shape index (κ2) is 4.14. The van der Waals surface area contributed by atoms with Gasteiger partial charge in [0.1, 0.15) is 0 Å². The summed E-state index contributed by atoms with van der Waals surface area (Å²) in [6, 6.07) is 3.46. The van der Waals surface area contributed by atoms with Crippen molar-refractivity contribution in [3.05, 3.63) is 23.7 Å². The van der Waals surface area contributed by atoms with Gasteiger partial charge < -0.3 is 9.73 Å². The number of thiazole rings is 1. The SMILES string of the molecule is CNc1ccc(N(C=O)c2nccs2)o1. The Hall–Kier alpha value is -1.82. The van der Waals surface area contributed by atoms with Crippen LogP contribution in [0.1, 0.15) is 0 Å². The Labute approximate surface area is 90.3 Å². The molecule has 1 N–H and O–H groups in total. The monoisotopic (exact) mass is 223 g/mol. The molecule has 2 aromatic rings. The molecule has 2 heterocycles. The van der Waals surface area contributed by atoms with Crippen LogP contribution in [-0.4, -0.2) is 18.4 Å². The van der Waals surface area contributed by atoms with Crippen LogP contribution in [0.4, 0.5) is 16.9 Å². The van der Waals surface area contributed by atoms with E-state index in [0.29, 0.717) is 23.3 Å². The summed E-state index contributed by atoms with van der Waals surface area (Å²) in [6.45, 7) is 0. The molecule has 0 saturated carbocycles.